The van der Waals surface area contributed by atoms with Crippen molar-refractivity contribution >= 4 is 17.4 Å². The molecule has 29 heavy (non-hydrogen) atoms. The van der Waals surface area contributed by atoms with Gasteiger partial charge in [-0.3, -0.25) is 10.1 Å². The Morgan fingerprint density at radius 2 is 2.00 bits per heavy atom. The minimum absolute atomic E-state index is 0.00475. The second-order valence-electron chi connectivity index (χ2n) is 7.96. The number of carbonyl (C=O) groups is 1. The lowest BCUT2D eigenvalue weighted by Crippen LogP contribution is -2.17. The summed E-state index contributed by atoms with van der Waals surface area (Å²) in [4.78, 5) is 20.9. The Hall–Kier alpha value is -2.77. The van der Waals surface area contributed by atoms with Crippen LogP contribution < -0.4 is 5.32 Å². The molecule has 1 aliphatic carbocycles. The highest BCUT2D eigenvalue weighted by Gasteiger charge is 2.31. The molecule has 0 aromatic carbocycles. The van der Waals surface area contributed by atoms with Crippen LogP contribution in [0.2, 0.25) is 0 Å². The van der Waals surface area contributed by atoms with Gasteiger partial charge >= 0.3 is 0 Å². The van der Waals surface area contributed by atoms with Gasteiger partial charge in [0, 0.05) is 24.5 Å². The van der Waals surface area contributed by atoms with E-state index in [4.69, 9.17) is 4.42 Å². The standard InChI is InChI=1S/C21H24F2N4O2/c1-12(2)13-4-6-14(7-5-13)20-25-16(17(22)23)21(29-20)26-19(28)15-8-11-27-10-3-9-24-18(15)27/h3,8-14,17H,4-7H2,1-2H3,(H,26,28). The molecule has 0 bridgehead atoms. The summed E-state index contributed by atoms with van der Waals surface area (Å²) in [5.74, 6) is 0.715. The van der Waals surface area contributed by atoms with E-state index in [1.807, 2.05) is 0 Å². The highest BCUT2D eigenvalue weighted by Crippen LogP contribution is 2.40. The van der Waals surface area contributed by atoms with Crippen LogP contribution in [0.4, 0.5) is 14.7 Å². The van der Waals surface area contributed by atoms with E-state index in [1.54, 1.807) is 35.1 Å². The predicted octanol–water partition coefficient (Wildman–Crippen LogP) is 5.44. The number of hydrogen-bond donors (Lipinski definition) is 1. The van der Waals surface area contributed by atoms with Gasteiger partial charge in [0.25, 0.3) is 12.3 Å². The third-order valence-electron chi connectivity index (χ3n) is 5.83. The first kappa shape index (κ1) is 19.5. The molecule has 3 aromatic rings. The van der Waals surface area contributed by atoms with Crippen molar-refractivity contribution in [2.75, 3.05) is 5.32 Å². The van der Waals surface area contributed by atoms with Crippen molar-refractivity contribution in [2.45, 2.75) is 51.9 Å². The summed E-state index contributed by atoms with van der Waals surface area (Å²) in [6, 6.07) is 3.32. The van der Waals surface area contributed by atoms with Gasteiger partial charge in [0.05, 0.1) is 5.56 Å². The van der Waals surface area contributed by atoms with Crippen molar-refractivity contribution in [3.05, 3.63) is 47.9 Å². The van der Waals surface area contributed by atoms with Gasteiger partial charge in [0.2, 0.25) is 5.88 Å². The summed E-state index contributed by atoms with van der Waals surface area (Å²) in [6.07, 6.45) is 5.93. The van der Waals surface area contributed by atoms with E-state index in [0.29, 0.717) is 17.5 Å². The zero-order valence-corrected chi connectivity index (χ0v) is 16.4. The summed E-state index contributed by atoms with van der Waals surface area (Å²) in [5, 5.41) is 2.47. The van der Waals surface area contributed by atoms with Gasteiger partial charge in [-0.1, -0.05) is 13.8 Å². The summed E-state index contributed by atoms with van der Waals surface area (Å²) >= 11 is 0. The van der Waals surface area contributed by atoms with E-state index < -0.39 is 18.0 Å². The number of nitrogens with zero attached hydrogens (tertiary/aromatic N) is 3. The number of rotatable bonds is 5. The molecule has 4 rings (SSSR count). The average molecular weight is 402 g/mol. The zero-order chi connectivity index (χ0) is 20.5. The lowest BCUT2D eigenvalue weighted by atomic mass is 9.77. The molecule has 0 spiro atoms. The van der Waals surface area contributed by atoms with E-state index in [-0.39, 0.29) is 23.3 Å². The van der Waals surface area contributed by atoms with Gasteiger partial charge in [-0.2, -0.15) is 0 Å². The van der Waals surface area contributed by atoms with Crippen LogP contribution >= 0.6 is 0 Å². The predicted molar refractivity (Wildman–Crippen MR) is 104 cm³/mol. The van der Waals surface area contributed by atoms with E-state index in [9.17, 15) is 13.6 Å². The van der Waals surface area contributed by atoms with Crippen LogP contribution in [0.15, 0.2) is 35.1 Å². The van der Waals surface area contributed by atoms with Crippen LogP contribution in [0.25, 0.3) is 5.65 Å². The Bertz CT molecular complexity index is 1000. The Balaban J connectivity index is 1.55. The Morgan fingerprint density at radius 3 is 2.69 bits per heavy atom. The lowest BCUT2D eigenvalue weighted by Gasteiger charge is -2.29. The largest absolute Gasteiger partial charge is 0.424 e. The van der Waals surface area contributed by atoms with Gasteiger partial charge in [0.15, 0.2) is 11.6 Å². The number of alkyl halides is 2. The van der Waals surface area contributed by atoms with E-state index in [1.165, 1.54) is 0 Å². The summed E-state index contributed by atoms with van der Waals surface area (Å²) in [5.41, 5.74) is 0.201. The second kappa shape index (κ2) is 7.93. The van der Waals surface area contributed by atoms with Crippen LogP contribution in [-0.2, 0) is 0 Å². The topological polar surface area (TPSA) is 72.4 Å². The number of nitrogens with one attached hydrogen (secondary N) is 1. The quantitative estimate of drug-likeness (QED) is 0.617. The molecule has 3 aromatic heterocycles. The highest BCUT2D eigenvalue weighted by molar-refractivity contribution is 6.08. The first-order valence-electron chi connectivity index (χ1n) is 9.95. The van der Waals surface area contributed by atoms with Crippen molar-refractivity contribution in [1.29, 1.82) is 0 Å². The normalized spacial score (nSPS) is 19.9. The van der Waals surface area contributed by atoms with Crippen molar-refractivity contribution in [3.8, 4) is 0 Å². The molecule has 0 radical (unpaired) electrons. The first-order valence-corrected chi connectivity index (χ1v) is 9.95. The van der Waals surface area contributed by atoms with Crippen molar-refractivity contribution < 1.29 is 18.0 Å². The molecule has 0 atom stereocenters. The molecule has 1 aliphatic rings. The van der Waals surface area contributed by atoms with Gasteiger partial charge in [0.1, 0.15) is 5.65 Å². The number of hydrogen-bond acceptors (Lipinski definition) is 4. The lowest BCUT2D eigenvalue weighted by molar-refractivity contribution is 0.102. The third-order valence-corrected chi connectivity index (χ3v) is 5.83. The van der Waals surface area contributed by atoms with Crippen LogP contribution in [0, 0.1) is 11.8 Å². The number of anilines is 1. The highest BCUT2D eigenvalue weighted by atomic mass is 19.3. The number of carbonyl (C=O) groups excluding carboxylic acids is 1. The summed E-state index contributed by atoms with van der Waals surface area (Å²) in [7, 11) is 0. The number of fused-ring (bicyclic) bond motifs is 1. The maximum Gasteiger partial charge on any atom is 0.285 e. The van der Waals surface area contributed by atoms with Gasteiger partial charge in [-0.05, 0) is 49.7 Å². The number of aromatic nitrogens is 3. The zero-order valence-electron chi connectivity index (χ0n) is 16.4. The molecule has 1 fully saturated rings. The Labute approximate surface area is 167 Å². The molecule has 6 nitrogen and oxygen atoms in total. The van der Waals surface area contributed by atoms with Crippen LogP contribution in [0.5, 0.6) is 0 Å². The molecule has 1 amide bonds. The Kier molecular flexibility index (Phi) is 5.34. The van der Waals surface area contributed by atoms with Crippen molar-refractivity contribution in [2.24, 2.45) is 11.8 Å². The van der Waals surface area contributed by atoms with Crippen molar-refractivity contribution in [1.82, 2.24) is 14.4 Å². The fourth-order valence-corrected chi connectivity index (χ4v) is 4.08. The molecule has 0 saturated heterocycles. The molecule has 8 heteroatoms. The van der Waals surface area contributed by atoms with Gasteiger partial charge in [-0.25, -0.2) is 18.7 Å². The molecule has 1 saturated carbocycles. The molecule has 0 aliphatic heterocycles. The molecule has 154 valence electrons. The number of amides is 1. The monoisotopic (exact) mass is 402 g/mol. The smallest absolute Gasteiger partial charge is 0.285 e. The maximum absolute atomic E-state index is 13.5. The number of oxazole rings is 1. The fraction of sp³-hybridized carbons (Fsp3) is 0.476. The van der Waals surface area contributed by atoms with Crippen LogP contribution in [0.1, 0.15) is 73.8 Å². The summed E-state index contributed by atoms with van der Waals surface area (Å²) in [6.45, 7) is 4.41. The van der Waals surface area contributed by atoms with Gasteiger partial charge in [-0.15, -0.1) is 0 Å². The van der Waals surface area contributed by atoms with E-state index in [0.717, 1.165) is 25.7 Å². The SMILES string of the molecule is CC(C)C1CCC(c2nc(C(F)F)c(NC(=O)c3ccn4cccnc34)o2)CC1. The molecular formula is C21H24F2N4O2. The number of halogens is 2. The second-order valence-corrected chi connectivity index (χ2v) is 7.96. The average Bonchev–Trinajstić information content (AvgIpc) is 3.32. The summed E-state index contributed by atoms with van der Waals surface area (Å²) < 4.78 is 34.4. The van der Waals surface area contributed by atoms with E-state index >= 15 is 0 Å². The molecular weight excluding hydrogens is 378 g/mol. The first-order chi connectivity index (χ1) is 13.9. The van der Waals surface area contributed by atoms with Gasteiger partial charge < -0.3 is 8.82 Å². The van der Waals surface area contributed by atoms with E-state index in [2.05, 4.69) is 29.1 Å². The third kappa shape index (κ3) is 3.88. The fourth-order valence-electron chi connectivity index (χ4n) is 4.08. The maximum atomic E-state index is 13.5. The minimum atomic E-state index is -2.83. The molecule has 0 unspecified atom stereocenters. The van der Waals surface area contributed by atoms with Crippen LogP contribution in [0.3, 0.4) is 0 Å². The molecule has 1 N–H and O–H groups in total. The Morgan fingerprint density at radius 1 is 1.24 bits per heavy atom. The van der Waals surface area contributed by atoms with Crippen LogP contribution in [-0.4, -0.2) is 20.3 Å². The van der Waals surface area contributed by atoms with Crippen molar-refractivity contribution in [3.63, 3.8) is 0 Å². The minimum Gasteiger partial charge on any atom is -0.424 e. The molecule has 3 heterocycles.